The maximum absolute atomic E-state index is 11.0. The van der Waals surface area contributed by atoms with Crippen LogP contribution in [0.3, 0.4) is 0 Å². The monoisotopic (exact) mass is 188 g/mol. The fraction of sp³-hybridized carbons (Fsp3) is 0.889. The highest BCUT2D eigenvalue weighted by Gasteiger charge is 2.02. The maximum atomic E-state index is 11.0. The molecule has 4 heteroatoms. The van der Waals surface area contributed by atoms with Crippen molar-refractivity contribution in [3.05, 3.63) is 0 Å². The lowest BCUT2D eigenvalue weighted by Gasteiger charge is -2.09. The molecule has 0 aromatic carbocycles. The Bertz CT molecular complexity index is 140. The van der Waals surface area contributed by atoms with Gasteiger partial charge in [0.15, 0.2) is 0 Å². The van der Waals surface area contributed by atoms with Crippen LogP contribution in [0.15, 0.2) is 0 Å². The van der Waals surface area contributed by atoms with Crippen LogP contribution < -0.4 is 11.1 Å². The van der Waals surface area contributed by atoms with Gasteiger partial charge in [0.25, 0.3) is 0 Å². The Hall–Kier alpha value is -0.610. The van der Waals surface area contributed by atoms with Crippen molar-refractivity contribution in [2.24, 2.45) is 5.73 Å². The Morgan fingerprint density at radius 2 is 2.23 bits per heavy atom. The van der Waals surface area contributed by atoms with Crippen molar-refractivity contribution in [1.29, 1.82) is 0 Å². The zero-order valence-electron chi connectivity index (χ0n) is 8.51. The van der Waals surface area contributed by atoms with E-state index in [0.717, 1.165) is 12.8 Å². The number of rotatable bonds is 7. The quantitative estimate of drug-likeness (QED) is 0.602. The summed E-state index contributed by atoms with van der Waals surface area (Å²) in [6.45, 7) is 5.28. The molecule has 0 rings (SSSR count). The second kappa shape index (κ2) is 8.01. The molecule has 0 fully saturated rings. The highest BCUT2D eigenvalue weighted by molar-refractivity contribution is 5.77. The van der Waals surface area contributed by atoms with E-state index in [1.165, 1.54) is 0 Å². The van der Waals surface area contributed by atoms with Crippen molar-refractivity contribution < 1.29 is 9.53 Å². The molecule has 0 bridgehead atoms. The van der Waals surface area contributed by atoms with Gasteiger partial charge in [-0.15, -0.1) is 0 Å². The minimum Gasteiger partial charge on any atom is -0.370 e. The molecule has 78 valence electrons. The molecule has 0 aliphatic heterocycles. The highest BCUT2D eigenvalue weighted by Crippen LogP contribution is 1.87. The molecule has 0 saturated heterocycles. The third kappa shape index (κ3) is 7.74. The van der Waals surface area contributed by atoms with Crippen LogP contribution in [0.2, 0.25) is 0 Å². The number of nitrogens with one attached hydrogen (secondary N) is 1. The van der Waals surface area contributed by atoms with E-state index < -0.39 is 0 Å². The SMILES string of the molecule is CCCNC(=O)COCC(N)CC. The van der Waals surface area contributed by atoms with Gasteiger partial charge in [-0.25, -0.2) is 0 Å². The highest BCUT2D eigenvalue weighted by atomic mass is 16.5. The lowest BCUT2D eigenvalue weighted by Crippen LogP contribution is -2.31. The summed E-state index contributed by atoms with van der Waals surface area (Å²) in [4.78, 5) is 11.0. The predicted molar refractivity (Wildman–Crippen MR) is 52.4 cm³/mol. The topological polar surface area (TPSA) is 64.3 Å². The summed E-state index contributed by atoms with van der Waals surface area (Å²) in [7, 11) is 0. The summed E-state index contributed by atoms with van der Waals surface area (Å²) in [5.41, 5.74) is 5.60. The van der Waals surface area contributed by atoms with E-state index in [-0.39, 0.29) is 18.6 Å². The number of amides is 1. The van der Waals surface area contributed by atoms with E-state index in [9.17, 15) is 4.79 Å². The van der Waals surface area contributed by atoms with Gasteiger partial charge in [-0.3, -0.25) is 4.79 Å². The van der Waals surface area contributed by atoms with E-state index in [1.807, 2.05) is 13.8 Å². The number of hydrogen-bond donors (Lipinski definition) is 2. The first-order valence-electron chi connectivity index (χ1n) is 4.80. The van der Waals surface area contributed by atoms with Crippen LogP contribution in [-0.2, 0) is 9.53 Å². The summed E-state index contributed by atoms with van der Waals surface area (Å²) >= 11 is 0. The van der Waals surface area contributed by atoms with Crippen LogP contribution in [-0.4, -0.2) is 31.7 Å². The number of hydrogen-bond acceptors (Lipinski definition) is 3. The lowest BCUT2D eigenvalue weighted by molar-refractivity contribution is -0.125. The standard InChI is InChI=1S/C9H20N2O2/c1-3-5-11-9(12)7-13-6-8(10)4-2/h8H,3-7,10H2,1-2H3,(H,11,12). The van der Waals surface area contributed by atoms with Gasteiger partial charge in [0.05, 0.1) is 6.61 Å². The van der Waals surface area contributed by atoms with Gasteiger partial charge in [0.1, 0.15) is 6.61 Å². The first-order valence-corrected chi connectivity index (χ1v) is 4.80. The largest absolute Gasteiger partial charge is 0.370 e. The first kappa shape index (κ1) is 12.4. The predicted octanol–water partition coefficient (Wildman–Crippen LogP) is 0.267. The minimum atomic E-state index is -0.0647. The van der Waals surface area contributed by atoms with E-state index in [0.29, 0.717) is 13.2 Å². The fourth-order valence-corrected chi connectivity index (χ4v) is 0.736. The molecule has 0 aromatic heterocycles. The average Bonchev–Trinajstić information content (AvgIpc) is 2.14. The summed E-state index contributed by atoms with van der Waals surface area (Å²) in [5, 5.41) is 2.72. The molecular weight excluding hydrogens is 168 g/mol. The fourth-order valence-electron chi connectivity index (χ4n) is 0.736. The van der Waals surface area contributed by atoms with E-state index in [4.69, 9.17) is 10.5 Å². The van der Waals surface area contributed by atoms with Crippen LogP contribution in [0.25, 0.3) is 0 Å². The van der Waals surface area contributed by atoms with Gasteiger partial charge >= 0.3 is 0 Å². The van der Waals surface area contributed by atoms with Gasteiger partial charge in [0.2, 0.25) is 5.91 Å². The van der Waals surface area contributed by atoms with Gasteiger partial charge < -0.3 is 15.8 Å². The molecule has 3 N–H and O–H groups in total. The normalized spacial score (nSPS) is 12.5. The molecule has 0 aliphatic carbocycles. The summed E-state index contributed by atoms with van der Waals surface area (Å²) in [6, 6.07) is 0.0407. The van der Waals surface area contributed by atoms with Crippen LogP contribution in [0.5, 0.6) is 0 Å². The summed E-state index contributed by atoms with van der Waals surface area (Å²) in [6.07, 6.45) is 1.82. The molecule has 13 heavy (non-hydrogen) atoms. The zero-order valence-corrected chi connectivity index (χ0v) is 8.51. The van der Waals surface area contributed by atoms with Crippen LogP contribution >= 0.6 is 0 Å². The molecule has 0 aliphatic rings. The van der Waals surface area contributed by atoms with Gasteiger partial charge in [-0.05, 0) is 12.8 Å². The van der Waals surface area contributed by atoms with Crippen LogP contribution in [0.1, 0.15) is 26.7 Å². The smallest absolute Gasteiger partial charge is 0.245 e. The molecule has 0 spiro atoms. The number of carbonyl (C=O) groups excluding carboxylic acids is 1. The second-order valence-electron chi connectivity index (χ2n) is 3.03. The molecule has 1 amide bonds. The van der Waals surface area contributed by atoms with Gasteiger partial charge in [-0.1, -0.05) is 13.8 Å². The Morgan fingerprint density at radius 1 is 1.54 bits per heavy atom. The summed E-state index contributed by atoms with van der Waals surface area (Å²) in [5.74, 6) is -0.0647. The van der Waals surface area contributed by atoms with Crippen LogP contribution in [0, 0.1) is 0 Å². The molecular formula is C9H20N2O2. The van der Waals surface area contributed by atoms with Crippen molar-refractivity contribution >= 4 is 5.91 Å². The Balaban J connectivity index is 3.26. The maximum Gasteiger partial charge on any atom is 0.245 e. The van der Waals surface area contributed by atoms with Gasteiger partial charge in [0, 0.05) is 12.6 Å². The summed E-state index contributed by atoms with van der Waals surface area (Å²) < 4.78 is 5.11. The van der Waals surface area contributed by atoms with Crippen molar-refractivity contribution in [2.45, 2.75) is 32.7 Å². The molecule has 0 saturated carbocycles. The third-order valence-electron chi connectivity index (χ3n) is 1.66. The average molecular weight is 188 g/mol. The van der Waals surface area contributed by atoms with E-state index in [1.54, 1.807) is 0 Å². The number of nitrogens with two attached hydrogens (primary N) is 1. The number of carbonyl (C=O) groups is 1. The Morgan fingerprint density at radius 3 is 2.77 bits per heavy atom. The molecule has 1 atom stereocenters. The van der Waals surface area contributed by atoms with Crippen molar-refractivity contribution in [2.75, 3.05) is 19.8 Å². The molecule has 4 nitrogen and oxygen atoms in total. The molecule has 0 radical (unpaired) electrons. The number of ether oxygens (including phenoxy) is 1. The zero-order chi connectivity index (χ0) is 10.1. The minimum absolute atomic E-state index is 0.0407. The first-order chi connectivity index (χ1) is 6.20. The molecule has 0 aromatic rings. The van der Waals surface area contributed by atoms with E-state index in [2.05, 4.69) is 5.32 Å². The third-order valence-corrected chi connectivity index (χ3v) is 1.66. The lowest BCUT2D eigenvalue weighted by atomic mass is 10.3. The van der Waals surface area contributed by atoms with Crippen LogP contribution in [0.4, 0.5) is 0 Å². The van der Waals surface area contributed by atoms with Crippen molar-refractivity contribution in [3.8, 4) is 0 Å². The Kier molecular flexibility index (Phi) is 7.63. The second-order valence-corrected chi connectivity index (χ2v) is 3.03. The Labute approximate surface area is 79.8 Å². The van der Waals surface area contributed by atoms with Crippen molar-refractivity contribution in [3.63, 3.8) is 0 Å². The molecule has 1 unspecified atom stereocenters. The van der Waals surface area contributed by atoms with E-state index >= 15 is 0 Å². The molecule has 0 heterocycles. The van der Waals surface area contributed by atoms with Crippen molar-refractivity contribution in [1.82, 2.24) is 5.32 Å². The van der Waals surface area contributed by atoms with Gasteiger partial charge in [-0.2, -0.15) is 0 Å².